The predicted molar refractivity (Wildman–Crippen MR) is 78.5 cm³/mol. The zero-order chi connectivity index (χ0) is 15.2. The lowest BCUT2D eigenvalue weighted by Gasteiger charge is -2.14. The lowest BCUT2D eigenvalue weighted by molar-refractivity contribution is 0.0951. The van der Waals surface area contributed by atoms with Crippen LogP contribution in [0.2, 0.25) is 0 Å². The highest BCUT2D eigenvalue weighted by Gasteiger charge is 2.14. The SMILES string of the molecule is CNc1c(F)cc(C(=O)NCCCN2CCCC2)cc1F. The number of likely N-dealkylation sites (tertiary alicyclic amines) is 1. The fourth-order valence-corrected chi connectivity index (χ4v) is 2.56. The van der Waals surface area contributed by atoms with Crippen molar-refractivity contribution in [3.63, 3.8) is 0 Å². The van der Waals surface area contributed by atoms with E-state index >= 15 is 0 Å². The Labute approximate surface area is 123 Å². The predicted octanol–water partition coefficient (Wildman–Crippen LogP) is 2.22. The molecule has 1 amide bonds. The molecule has 0 unspecified atom stereocenters. The average Bonchev–Trinajstić information content (AvgIpc) is 2.96. The monoisotopic (exact) mass is 297 g/mol. The summed E-state index contributed by atoms with van der Waals surface area (Å²) in [7, 11) is 1.43. The average molecular weight is 297 g/mol. The van der Waals surface area contributed by atoms with E-state index in [1.807, 2.05) is 0 Å². The number of benzene rings is 1. The van der Waals surface area contributed by atoms with Crippen LogP contribution in [0.3, 0.4) is 0 Å². The van der Waals surface area contributed by atoms with E-state index in [1.165, 1.54) is 19.9 Å². The van der Waals surface area contributed by atoms with E-state index < -0.39 is 17.5 Å². The van der Waals surface area contributed by atoms with E-state index in [0.29, 0.717) is 6.54 Å². The minimum atomic E-state index is -0.764. The highest BCUT2D eigenvalue weighted by Crippen LogP contribution is 2.20. The van der Waals surface area contributed by atoms with Gasteiger partial charge in [0.05, 0.1) is 0 Å². The quantitative estimate of drug-likeness (QED) is 0.791. The number of carbonyl (C=O) groups excluding carboxylic acids is 1. The lowest BCUT2D eigenvalue weighted by Crippen LogP contribution is -2.28. The normalized spacial score (nSPS) is 15.2. The van der Waals surface area contributed by atoms with Crippen molar-refractivity contribution in [2.75, 3.05) is 38.5 Å². The second-order valence-corrected chi connectivity index (χ2v) is 5.22. The van der Waals surface area contributed by atoms with Crippen LogP contribution in [-0.2, 0) is 0 Å². The Morgan fingerprint density at radius 1 is 1.24 bits per heavy atom. The van der Waals surface area contributed by atoms with Gasteiger partial charge < -0.3 is 15.5 Å². The standard InChI is InChI=1S/C15H21F2N3O/c1-18-14-12(16)9-11(10-13(14)17)15(21)19-5-4-8-20-6-2-3-7-20/h9-10,18H,2-8H2,1H3,(H,19,21). The van der Waals surface area contributed by atoms with Gasteiger partial charge in [0.2, 0.25) is 0 Å². The van der Waals surface area contributed by atoms with E-state index in [4.69, 9.17) is 0 Å². The maximum absolute atomic E-state index is 13.6. The molecule has 0 bridgehead atoms. The third-order valence-corrected chi connectivity index (χ3v) is 3.69. The van der Waals surface area contributed by atoms with Gasteiger partial charge in [-0.05, 0) is 51.0 Å². The summed E-state index contributed by atoms with van der Waals surface area (Å²) in [5.74, 6) is -1.98. The summed E-state index contributed by atoms with van der Waals surface area (Å²) in [5.41, 5.74) is -0.217. The van der Waals surface area contributed by atoms with Crippen molar-refractivity contribution in [2.24, 2.45) is 0 Å². The molecule has 1 aromatic carbocycles. The van der Waals surface area contributed by atoms with Crippen molar-refractivity contribution in [1.82, 2.24) is 10.2 Å². The number of halogens is 2. The highest BCUT2D eigenvalue weighted by molar-refractivity contribution is 5.94. The number of carbonyl (C=O) groups is 1. The van der Waals surface area contributed by atoms with Crippen LogP contribution in [0.15, 0.2) is 12.1 Å². The Morgan fingerprint density at radius 3 is 2.43 bits per heavy atom. The molecule has 1 aliphatic rings. The summed E-state index contributed by atoms with van der Waals surface area (Å²) in [5, 5.41) is 5.12. The zero-order valence-corrected chi connectivity index (χ0v) is 12.2. The van der Waals surface area contributed by atoms with Crippen LogP contribution in [-0.4, -0.2) is 44.0 Å². The fraction of sp³-hybridized carbons (Fsp3) is 0.533. The van der Waals surface area contributed by atoms with Crippen LogP contribution < -0.4 is 10.6 Å². The van der Waals surface area contributed by atoms with E-state index in [0.717, 1.165) is 38.2 Å². The molecule has 0 spiro atoms. The molecule has 0 aliphatic carbocycles. The first-order valence-corrected chi connectivity index (χ1v) is 7.29. The summed E-state index contributed by atoms with van der Waals surface area (Å²) in [6.07, 6.45) is 3.32. The smallest absolute Gasteiger partial charge is 0.251 e. The number of hydrogen-bond donors (Lipinski definition) is 2. The van der Waals surface area contributed by atoms with Crippen molar-refractivity contribution < 1.29 is 13.6 Å². The topological polar surface area (TPSA) is 44.4 Å². The number of nitrogens with one attached hydrogen (secondary N) is 2. The van der Waals surface area contributed by atoms with E-state index in [-0.39, 0.29) is 11.3 Å². The molecule has 0 atom stereocenters. The number of rotatable bonds is 6. The molecule has 116 valence electrons. The molecule has 4 nitrogen and oxygen atoms in total. The first kappa shape index (κ1) is 15.7. The van der Waals surface area contributed by atoms with Gasteiger partial charge in [0.25, 0.3) is 5.91 Å². The molecule has 1 saturated heterocycles. The van der Waals surface area contributed by atoms with Crippen molar-refractivity contribution in [3.05, 3.63) is 29.3 Å². The van der Waals surface area contributed by atoms with Gasteiger partial charge in [-0.25, -0.2) is 8.78 Å². The van der Waals surface area contributed by atoms with E-state index in [9.17, 15) is 13.6 Å². The summed E-state index contributed by atoms with van der Waals surface area (Å²) in [6.45, 7) is 3.69. The molecule has 1 aromatic rings. The number of hydrogen-bond acceptors (Lipinski definition) is 3. The summed E-state index contributed by atoms with van der Waals surface area (Å²) in [4.78, 5) is 14.2. The van der Waals surface area contributed by atoms with Crippen LogP contribution in [0, 0.1) is 11.6 Å². The summed E-state index contributed by atoms with van der Waals surface area (Å²) in [6, 6.07) is 2.09. The Hall–Kier alpha value is -1.69. The highest BCUT2D eigenvalue weighted by atomic mass is 19.1. The van der Waals surface area contributed by atoms with Crippen LogP contribution >= 0.6 is 0 Å². The molecular formula is C15H21F2N3O. The second kappa shape index (κ2) is 7.36. The Balaban J connectivity index is 1.82. The van der Waals surface area contributed by atoms with Gasteiger partial charge in [-0.1, -0.05) is 0 Å². The van der Waals surface area contributed by atoms with Gasteiger partial charge in [-0.15, -0.1) is 0 Å². The second-order valence-electron chi connectivity index (χ2n) is 5.22. The van der Waals surface area contributed by atoms with Gasteiger partial charge in [0.15, 0.2) is 0 Å². The van der Waals surface area contributed by atoms with Gasteiger partial charge in [0, 0.05) is 19.2 Å². The van der Waals surface area contributed by atoms with Crippen LogP contribution in [0.25, 0.3) is 0 Å². The zero-order valence-electron chi connectivity index (χ0n) is 12.2. The minimum absolute atomic E-state index is 0.00479. The first-order chi connectivity index (χ1) is 10.1. The van der Waals surface area contributed by atoms with Crippen molar-refractivity contribution in [1.29, 1.82) is 0 Å². The maximum Gasteiger partial charge on any atom is 0.251 e. The third-order valence-electron chi connectivity index (χ3n) is 3.69. The molecular weight excluding hydrogens is 276 g/mol. The van der Waals surface area contributed by atoms with Crippen LogP contribution in [0.5, 0.6) is 0 Å². The molecule has 2 rings (SSSR count). The van der Waals surface area contributed by atoms with Crippen molar-refractivity contribution in [3.8, 4) is 0 Å². The Bertz CT molecular complexity index is 479. The van der Waals surface area contributed by atoms with E-state index in [1.54, 1.807) is 0 Å². The van der Waals surface area contributed by atoms with Gasteiger partial charge >= 0.3 is 0 Å². The summed E-state index contributed by atoms with van der Waals surface area (Å²) >= 11 is 0. The van der Waals surface area contributed by atoms with Crippen molar-refractivity contribution in [2.45, 2.75) is 19.3 Å². The summed E-state index contributed by atoms with van der Waals surface area (Å²) < 4.78 is 27.2. The molecule has 1 aliphatic heterocycles. The largest absolute Gasteiger partial charge is 0.383 e. The molecule has 1 heterocycles. The molecule has 1 fully saturated rings. The first-order valence-electron chi connectivity index (χ1n) is 7.29. The number of anilines is 1. The Morgan fingerprint density at radius 2 is 1.86 bits per heavy atom. The van der Waals surface area contributed by atoms with Gasteiger partial charge in [-0.2, -0.15) is 0 Å². The van der Waals surface area contributed by atoms with E-state index in [2.05, 4.69) is 15.5 Å². The minimum Gasteiger partial charge on any atom is -0.383 e. The van der Waals surface area contributed by atoms with Crippen LogP contribution in [0.4, 0.5) is 14.5 Å². The molecule has 2 N–H and O–H groups in total. The molecule has 21 heavy (non-hydrogen) atoms. The van der Waals surface area contributed by atoms with Gasteiger partial charge in [-0.3, -0.25) is 4.79 Å². The third kappa shape index (κ3) is 4.14. The fourth-order valence-electron chi connectivity index (χ4n) is 2.56. The van der Waals surface area contributed by atoms with Crippen molar-refractivity contribution >= 4 is 11.6 Å². The molecule has 6 heteroatoms. The number of nitrogens with zero attached hydrogens (tertiary/aromatic N) is 1. The van der Waals surface area contributed by atoms with Gasteiger partial charge in [0.1, 0.15) is 17.3 Å². The van der Waals surface area contributed by atoms with Crippen LogP contribution in [0.1, 0.15) is 29.6 Å². The number of amides is 1. The molecule has 0 aromatic heterocycles. The molecule has 0 saturated carbocycles. The maximum atomic E-state index is 13.6. The lowest BCUT2D eigenvalue weighted by atomic mass is 10.1. The Kier molecular flexibility index (Phi) is 5.50. The molecule has 0 radical (unpaired) electrons.